The van der Waals surface area contributed by atoms with E-state index < -0.39 is 0 Å². The number of carbonyl (C=O) groups is 1. The highest BCUT2D eigenvalue weighted by atomic mass is 35.5. The van der Waals surface area contributed by atoms with E-state index in [0.717, 1.165) is 35.8 Å². The highest BCUT2D eigenvalue weighted by Gasteiger charge is 2.33. The van der Waals surface area contributed by atoms with Crippen LogP contribution in [0.15, 0.2) is 24.3 Å². The van der Waals surface area contributed by atoms with Crippen molar-refractivity contribution in [2.24, 2.45) is 0 Å². The lowest BCUT2D eigenvalue weighted by Crippen LogP contribution is -2.51. The average molecular weight is 353 g/mol. The van der Waals surface area contributed by atoms with Crippen LogP contribution in [-0.2, 0) is 0 Å². The molecule has 0 unspecified atom stereocenters. The van der Waals surface area contributed by atoms with Gasteiger partial charge in [0.1, 0.15) is 5.00 Å². The van der Waals surface area contributed by atoms with Crippen molar-refractivity contribution in [1.29, 1.82) is 0 Å². The monoisotopic (exact) mass is 352 g/mol. The third kappa shape index (κ3) is 3.62. The summed E-state index contributed by atoms with van der Waals surface area (Å²) in [6.07, 6.45) is 5.80. The van der Waals surface area contributed by atoms with Crippen LogP contribution in [0.4, 0.5) is 9.80 Å². The van der Waals surface area contributed by atoms with E-state index in [4.69, 9.17) is 11.6 Å². The zero-order chi connectivity index (χ0) is 16.3. The number of amides is 2. The molecule has 2 amide bonds. The van der Waals surface area contributed by atoms with Crippen LogP contribution in [0.3, 0.4) is 0 Å². The Labute approximate surface area is 144 Å². The number of aliphatic hydroxyl groups excluding tert-OH is 1. The number of anilines is 1. The van der Waals surface area contributed by atoms with Crippen LogP contribution in [0.25, 0.3) is 10.1 Å². The smallest absolute Gasteiger partial charge is 0.320 e. The number of halogens is 1. The molecule has 0 radical (unpaired) electrons. The Hall–Kier alpha value is -1.30. The number of urea groups is 1. The Morgan fingerprint density at radius 3 is 2.70 bits per heavy atom. The molecule has 1 aliphatic rings. The van der Waals surface area contributed by atoms with Gasteiger partial charge in [-0.3, -0.25) is 5.32 Å². The van der Waals surface area contributed by atoms with E-state index in [1.807, 2.05) is 24.3 Å². The number of hydrogen-bond donors (Lipinski definition) is 3. The molecular formula is C17H21ClN2O2S. The quantitative estimate of drug-likeness (QED) is 0.742. The molecule has 124 valence electrons. The summed E-state index contributed by atoms with van der Waals surface area (Å²) in [4.78, 5) is 12.4. The van der Waals surface area contributed by atoms with Crippen molar-refractivity contribution < 1.29 is 9.90 Å². The highest BCUT2D eigenvalue weighted by molar-refractivity contribution is 7.23. The number of nitrogens with one attached hydrogen (secondary N) is 2. The van der Waals surface area contributed by atoms with Crippen molar-refractivity contribution in [2.75, 3.05) is 11.9 Å². The van der Waals surface area contributed by atoms with Crippen molar-refractivity contribution in [3.63, 3.8) is 0 Å². The lowest BCUT2D eigenvalue weighted by molar-refractivity contribution is 0.168. The van der Waals surface area contributed by atoms with Crippen LogP contribution in [0.5, 0.6) is 0 Å². The average Bonchev–Trinajstić information content (AvgIpc) is 2.85. The maximum absolute atomic E-state index is 12.4. The maximum atomic E-state index is 12.4. The fraction of sp³-hybridized carbons (Fsp3) is 0.471. The first kappa shape index (κ1) is 16.6. The standard InChI is InChI=1S/C17H21ClN2O2S/c18-14-12-6-2-3-7-13(12)23-15(14)19-16(22)20-17(10-11-21)8-4-1-5-9-17/h2-3,6-7,21H,1,4-5,8-11H2,(H2,19,20,22). The van der Waals surface area contributed by atoms with Gasteiger partial charge in [0.2, 0.25) is 0 Å². The summed E-state index contributed by atoms with van der Waals surface area (Å²) in [7, 11) is 0. The third-order valence-corrected chi connectivity index (χ3v) is 6.13. The predicted molar refractivity (Wildman–Crippen MR) is 96.5 cm³/mol. The summed E-state index contributed by atoms with van der Waals surface area (Å²) in [5, 5.41) is 17.5. The number of hydrogen-bond acceptors (Lipinski definition) is 3. The van der Waals surface area contributed by atoms with Gasteiger partial charge in [0.25, 0.3) is 0 Å². The Bertz CT molecular complexity index is 689. The van der Waals surface area contributed by atoms with Crippen LogP contribution in [-0.4, -0.2) is 23.3 Å². The lowest BCUT2D eigenvalue weighted by atomic mass is 9.79. The Balaban J connectivity index is 1.73. The molecule has 0 saturated heterocycles. The fourth-order valence-corrected chi connectivity index (χ4v) is 4.72. The number of aliphatic hydroxyl groups is 1. The topological polar surface area (TPSA) is 61.4 Å². The summed E-state index contributed by atoms with van der Waals surface area (Å²) in [6.45, 7) is 0.0872. The molecule has 0 aliphatic heterocycles. The normalized spacial score (nSPS) is 17.1. The minimum absolute atomic E-state index is 0.0872. The van der Waals surface area contributed by atoms with Gasteiger partial charge in [-0.25, -0.2) is 4.79 Å². The fourth-order valence-electron chi connectivity index (χ4n) is 3.35. The molecule has 1 saturated carbocycles. The summed E-state index contributed by atoms with van der Waals surface area (Å²) < 4.78 is 1.05. The molecule has 0 bridgehead atoms. The second-order valence-corrected chi connectivity index (χ2v) is 7.57. The zero-order valence-corrected chi connectivity index (χ0v) is 14.5. The van der Waals surface area contributed by atoms with E-state index in [1.54, 1.807) is 0 Å². The molecule has 4 nitrogen and oxygen atoms in total. The van der Waals surface area contributed by atoms with E-state index in [1.165, 1.54) is 17.8 Å². The first-order valence-electron chi connectivity index (χ1n) is 8.01. The molecule has 3 N–H and O–H groups in total. The Morgan fingerprint density at radius 2 is 2.00 bits per heavy atom. The molecule has 0 atom stereocenters. The van der Waals surface area contributed by atoms with Gasteiger partial charge in [0.15, 0.2) is 0 Å². The predicted octanol–water partition coefficient (Wildman–Crippen LogP) is 4.76. The minimum Gasteiger partial charge on any atom is -0.396 e. The first-order chi connectivity index (χ1) is 11.1. The second-order valence-electron chi connectivity index (χ2n) is 6.14. The first-order valence-corrected chi connectivity index (χ1v) is 9.20. The molecule has 1 aromatic carbocycles. The molecule has 6 heteroatoms. The molecule has 2 aromatic rings. The number of rotatable bonds is 4. The summed E-state index contributed by atoms with van der Waals surface area (Å²) in [5.74, 6) is 0. The largest absolute Gasteiger partial charge is 0.396 e. The van der Waals surface area contributed by atoms with E-state index in [2.05, 4.69) is 10.6 Å². The van der Waals surface area contributed by atoms with Gasteiger partial charge in [-0.15, -0.1) is 11.3 Å². The van der Waals surface area contributed by atoms with Crippen molar-refractivity contribution in [3.8, 4) is 0 Å². The summed E-state index contributed by atoms with van der Waals surface area (Å²) >= 11 is 7.84. The molecule has 1 fully saturated rings. The number of fused-ring (bicyclic) bond motifs is 1. The van der Waals surface area contributed by atoms with E-state index in [0.29, 0.717) is 16.4 Å². The third-order valence-electron chi connectivity index (χ3n) is 4.54. The van der Waals surface area contributed by atoms with E-state index in [-0.39, 0.29) is 18.2 Å². The minimum atomic E-state index is -0.291. The number of benzene rings is 1. The second kappa shape index (κ2) is 7.07. The van der Waals surface area contributed by atoms with Crippen LogP contribution < -0.4 is 10.6 Å². The van der Waals surface area contributed by atoms with Crippen LogP contribution >= 0.6 is 22.9 Å². The SMILES string of the molecule is O=C(Nc1sc2ccccc2c1Cl)NC1(CCO)CCCCC1. The molecule has 1 aromatic heterocycles. The van der Waals surface area contributed by atoms with Crippen molar-refractivity contribution in [2.45, 2.75) is 44.1 Å². The van der Waals surface area contributed by atoms with Gasteiger partial charge < -0.3 is 10.4 Å². The maximum Gasteiger partial charge on any atom is 0.320 e. The number of thiophene rings is 1. The van der Waals surface area contributed by atoms with Gasteiger partial charge in [-0.05, 0) is 25.3 Å². The van der Waals surface area contributed by atoms with Gasteiger partial charge in [-0.1, -0.05) is 49.1 Å². The molecule has 23 heavy (non-hydrogen) atoms. The summed E-state index contributed by atoms with van der Waals surface area (Å²) in [6, 6.07) is 7.59. The van der Waals surface area contributed by atoms with Gasteiger partial charge >= 0.3 is 6.03 Å². The molecule has 1 heterocycles. The molecule has 3 rings (SSSR count). The highest BCUT2D eigenvalue weighted by Crippen LogP contribution is 2.39. The zero-order valence-electron chi connectivity index (χ0n) is 12.9. The lowest BCUT2D eigenvalue weighted by Gasteiger charge is -2.37. The van der Waals surface area contributed by atoms with Crippen molar-refractivity contribution >= 4 is 44.1 Å². The number of carbonyl (C=O) groups excluding carboxylic acids is 1. The van der Waals surface area contributed by atoms with Gasteiger partial charge in [0.05, 0.1) is 5.02 Å². The molecular weight excluding hydrogens is 332 g/mol. The van der Waals surface area contributed by atoms with Crippen LogP contribution in [0.1, 0.15) is 38.5 Å². The summed E-state index contributed by atoms with van der Waals surface area (Å²) in [5.41, 5.74) is -0.291. The van der Waals surface area contributed by atoms with Crippen molar-refractivity contribution in [1.82, 2.24) is 5.32 Å². The van der Waals surface area contributed by atoms with Gasteiger partial charge in [0, 0.05) is 22.2 Å². The van der Waals surface area contributed by atoms with Crippen LogP contribution in [0, 0.1) is 0 Å². The van der Waals surface area contributed by atoms with E-state index in [9.17, 15) is 9.90 Å². The Morgan fingerprint density at radius 1 is 1.26 bits per heavy atom. The van der Waals surface area contributed by atoms with E-state index >= 15 is 0 Å². The van der Waals surface area contributed by atoms with Crippen LogP contribution in [0.2, 0.25) is 5.02 Å². The molecule has 1 aliphatic carbocycles. The van der Waals surface area contributed by atoms with Gasteiger partial charge in [-0.2, -0.15) is 0 Å². The Kier molecular flexibility index (Phi) is 5.09. The molecule has 0 spiro atoms. The van der Waals surface area contributed by atoms with Crippen molar-refractivity contribution in [3.05, 3.63) is 29.3 Å².